The van der Waals surface area contributed by atoms with Gasteiger partial charge in [0.2, 0.25) is 0 Å². The lowest BCUT2D eigenvalue weighted by atomic mass is 10.1. The number of anilines is 1. The topological polar surface area (TPSA) is 90.0 Å². The summed E-state index contributed by atoms with van der Waals surface area (Å²) < 4.78 is 28.3. The minimum absolute atomic E-state index is 0.0160. The van der Waals surface area contributed by atoms with E-state index in [1.165, 1.54) is 10.9 Å². The van der Waals surface area contributed by atoms with Crippen LogP contribution in [0, 0.1) is 18.6 Å². The number of nitrogen functional groups attached to an aromatic ring is 1. The fraction of sp³-hybridized carbons (Fsp3) is 0.190. The van der Waals surface area contributed by atoms with E-state index in [9.17, 15) is 18.4 Å². The third-order valence-electron chi connectivity index (χ3n) is 4.79. The number of rotatable bonds is 5. The molecule has 0 aliphatic heterocycles. The largest absolute Gasteiger partial charge is 0.383 e. The van der Waals surface area contributed by atoms with Crippen molar-refractivity contribution in [1.29, 1.82) is 0 Å². The molecule has 0 bridgehead atoms. The first-order valence-corrected chi connectivity index (χ1v) is 9.09. The van der Waals surface area contributed by atoms with Gasteiger partial charge in [0, 0.05) is 23.2 Å². The van der Waals surface area contributed by atoms with Crippen LogP contribution < -0.4 is 11.1 Å². The average molecular weight is 396 g/mol. The van der Waals surface area contributed by atoms with E-state index in [0.29, 0.717) is 17.3 Å². The van der Waals surface area contributed by atoms with Crippen LogP contribution in [0.15, 0.2) is 42.6 Å². The molecule has 6 nitrogen and oxygen atoms in total. The highest BCUT2D eigenvalue weighted by Gasteiger charge is 2.25. The minimum Gasteiger partial charge on any atom is -0.383 e. The lowest BCUT2D eigenvalue weighted by Crippen LogP contribution is -2.25. The number of hydrogen-bond acceptors (Lipinski definition) is 4. The summed E-state index contributed by atoms with van der Waals surface area (Å²) in [6.45, 7) is 1.82. The first-order valence-electron chi connectivity index (χ1n) is 9.09. The zero-order valence-corrected chi connectivity index (χ0v) is 15.6. The van der Waals surface area contributed by atoms with E-state index in [4.69, 9.17) is 5.73 Å². The van der Waals surface area contributed by atoms with Gasteiger partial charge in [0.25, 0.3) is 5.91 Å². The first-order chi connectivity index (χ1) is 13.8. The number of nitrogens with zero attached hydrogens (tertiary/aromatic N) is 2. The van der Waals surface area contributed by atoms with E-state index >= 15 is 0 Å². The Morgan fingerprint density at radius 3 is 2.45 bits per heavy atom. The Kier molecular flexibility index (Phi) is 4.62. The second-order valence-corrected chi connectivity index (χ2v) is 7.09. The summed E-state index contributed by atoms with van der Waals surface area (Å²) >= 11 is 0. The third kappa shape index (κ3) is 3.73. The summed E-state index contributed by atoms with van der Waals surface area (Å²) in [5, 5.41) is 7.08. The Morgan fingerprint density at radius 2 is 1.79 bits per heavy atom. The second kappa shape index (κ2) is 7.12. The molecule has 0 unspecified atom stereocenters. The van der Waals surface area contributed by atoms with E-state index in [-0.39, 0.29) is 28.9 Å². The highest BCUT2D eigenvalue weighted by molar-refractivity contribution is 6.11. The maximum absolute atomic E-state index is 13.5. The molecular formula is C21H18F2N4O2. The Hall–Kier alpha value is -3.55. The van der Waals surface area contributed by atoms with Gasteiger partial charge in [-0.05, 0) is 49.6 Å². The number of nitrogens with one attached hydrogen (secondary N) is 1. The van der Waals surface area contributed by atoms with Crippen LogP contribution in [0.2, 0.25) is 0 Å². The number of hydrogen-bond donors (Lipinski definition) is 2. The van der Waals surface area contributed by atoms with E-state index in [1.54, 1.807) is 18.2 Å². The summed E-state index contributed by atoms with van der Waals surface area (Å²) in [6, 6.07) is 7.90. The minimum atomic E-state index is -0.857. The number of aromatic nitrogens is 2. The highest BCUT2D eigenvalue weighted by Crippen LogP contribution is 2.25. The number of aryl methyl sites for hydroxylation is 1. The maximum Gasteiger partial charge on any atom is 0.251 e. The fourth-order valence-electron chi connectivity index (χ4n) is 3.04. The molecule has 0 spiro atoms. The summed E-state index contributed by atoms with van der Waals surface area (Å²) in [4.78, 5) is 25.0. The van der Waals surface area contributed by atoms with Gasteiger partial charge in [-0.3, -0.25) is 9.59 Å². The zero-order valence-electron chi connectivity index (χ0n) is 15.6. The maximum atomic E-state index is 13.5. The van der Waals surface area contributed by atoms with E-state index < -0.39 is 17.4 Å². The molecule has 1 fully saturated rings. The molecule has 1 aromatic heterocycles. The summed E-state index contributed by atoms with van der Waals surface area (Å²) in [5.41, 5.74) is 7.76. The monoisotopic (exact) mass is 396 g/mol. The molecule has 2 aromatic carbocycles. The van der Waals surface area contributed by atoms with Gasteiger partial charge in [0.15, 0.2) is 5.78 Å². The van der Waals surface area contributed by atoms with Crippen molar-refractivity contribution >= 4 is 17.5 Å². The summed E-state index contributed by atoms with van der Waals surface area (Å²) in [5.74, 6) is -2.53. The van der Waals surface area contributed by atoms with Crippen LogP contribution in [-0.4, -0.2) is 27.5 Å². The molecule has 29 heavy (non-hydrogen) atoms. The van der Waals surface area contributed by atoms with Gasteiger partial charge in [-0.1, -0.05) is 6.07 Å². The molecule has 0 atom stereocenters. The van der Waals surface area contributed by atoms with Gasteiger partial charge in [-0.15, -0.1) is 0 Å². The zero-order chi connectivity index (χ0) is 20.7. The lowest BCUT2D eigenvalue weighted by Gasteiger charge is -2.11. The van der Waals surface area contributed by atoms with E-state index in [0.717, 1.165) is 30.5 Å². The van der Waals surface area contributed by atoms with Gasteiger partial charge in [0.1, 0.15) is 17.5 Å². The second-order valence-electron chi connectivity index (χ2n) is 7.09. The van der Waals surface area contributed by atoms with E-state index in [1.807, 2.05) is 6.92 Å². The Labute approximate surface area is 165 Å². The van der Waals surface area contributed by atoms with Crippen LogP contribution in [0.3, 0.4) is 0 Å². The predicted octanol–water partition coefficient (Wildman–Crippen LogP) is 3.16. The number of carbonyl (C=O) groups excluding carboxylic acids is 2. The molecule has 1 saturated carbocycles. The van der Waals surface area contributed by atoms with Crippen LogP contribution >= 0.6 is 0 Å². The van der Waals surface area contributed by atoms with Gasteiger partial charge >= 0.3 is 0 Å². The van der Waals surface area contributed by atoms with Crippen molar-refractivity contribution in [1.82, 2.24) is 15.1 Å². The van der Waals surface area contributed by atoms with Crippen molar-refractivity contribution < 1.29 is 18.4 Å². The molecule has 3 N–H and O–H groups in total. The fourth-order valence-corrected chi connectivity index (χ4v) is 3.04. The molecule has 1 amide bonds. The normalized spacial score (nSPS) is 13.3. The van der Waals surface area contributed by atoms with Crippen LogP contribution in [0.1, 0.15) is 44.7 Å². The highest BCUT2D eigenvalue weighted by atomic mass is 19.1. The predicted molar refractivity (Wildman–Crippen MR) is 103 cm³/mol. The molecule has 1 aliphatic rings. The lowest BCUT2D eigenvalue weighted by molar-refractivity contribution is 0.0950. The number of carbonyl (C=O) groups is 2. The van der Waals surface area contributed by atoms with E-state index in [2.05, 4.69) is 10.4 Å². The van der Waals surface area contributed by atoms with Crippen LogP contribution in [-0.2, 0) is 0 Å². The molecule has 8 heteroatoms. The van der Waals surface area contributed by atoms with Gasteiger partial charge in [-0.25, -0.2) is 13.5 Å². The molecule has 1 heterocycles. The van der Waals surface area contributed by atoms with Gasteiger partial charge in [0.05, 0.1) is 17.4 Å². The quantitative estimate of drug-likeness (QED) is 0.649. The molecule has 148 valence electrons. The van der Waals surface area contributed by atoms with Crippen LogP contribution in [0.4, 0.5) is 14.6 Å². The van der Waals surface area contributed by atoms with Gasteiger partial charge < -0.3 is 11.1 Å². The van der Waals surface area contributed by atoms with Crippen molar-refractivity contribution in [3.8, 4) is 5.69 Å². The Bertz CT molecular complexity index is 1120. The van der Waals surface area contributed by atoms with Crippen molar-refractivity contribution in [3.05, 3.63) is 76.5 Å². The Balaban J connectivity index is 1.69. The number of nitrogens with two attached hydrogens (primary N) is 1. The van der Waals surface area contributed by atoms with Crippen molar-refractivity contribution in [2.75, 3.05) is 5.73 Å². The SMILES string of the molecule is Cc1ccc(C(=O)NC2CC2)cc1-n1ncc(C(=O)c2cc(F)cc(F)c2)c1N. The molecular weight excluding hydrogens is 378 g/mol. The van der Waals surface area contributed by atoms with Crippen molar-refractivity contribution in [2.45, 2.75) is 25.8 Å². The Morgan fingerprint density at radius 1 is 1.10 bits per heavy atom. The molecule has 3 aromatic rings. The van der Waals surface area contributed by atoms with Crippen LogP contribution in [0.5, 0.6) is 0 Å². The third-order valence-corrected chi connectivity index (χ3v) is 4.79. The number of amides is 1. The smallest absolute Gasteiger partial charge is 0.251 e. The number of halogens is 2. The number of ketones is 1. The molecule has 0 radical (unpaired) electrons. The molecule has 0 saturated heterocycles. The summed E-state index contributed by atoms with van der Waals surface area (Å²) in [6.07, 6.45) is 3.20. The molecule has 1 aliphatic carbocycles. The average Bonchev–Trinajstić information content (AvgIpc) is 3.40. The first kappa shape index (κ1) is 18.8. The van der Waals surface area contributed by atoms with Crippen LogP contribution in [0.25, 0.3) is 5.69 Å². The van der Waals surface area contributed by atoms with Crippen molar-refractivity contribution in [3.63, 3.8) is 0 Å². The summed E-state index contributed by atoms with van der Waals surface area (Å²) in [7, 11) is 0. The van der Waals surface area contributed by atoms with Crippen molar-refractivity contribution in [2.24, 2.45) is 0 Å². The molecule has 4 rings (SSSR count). The standard InChI is InChI=1S/C21H18F2N4O2/c1-11-2-3-12(21(29)26-16-4-5-16)8-18(11)27-20(24)17(10-25-27)19(28)13-6-14(22)9-15(23)7-13/h2-3,6-10,16H,4-5,24H2,1H3,(H,26,29). The number of benzene rings is 2. The van der Waals surface area contributed by atoms with Gasteiger partial charge in [-0.2, -0.15) is 5.10 Å².